The van der Waals surface area contributed by atoms with E-state index in [1.165, 1.54) is 12.1 Å². The summed E-state index contributed by atoms with van der Waals surface area (Å²) in [4.78, 5) is 19.2. The molecule has 2 aromatic rings. The largest absolute Gasteiger partial charge is 0.390 e. The lowest BCUT2D eigenvalue weighted by atomic mass is 10.2. The predicted octanol–water partition coefficient (Wildman–Crippen LogP) is 1.84. The first-order valence-corrected chi connectivity index (χ1v) is 10.7. The molecule has 1 aliphatic heterocycles. The van der Waals surface area contributed by atoms with Crippen molar-refractivity contribution in [2.24, 2.45) is 5.92 Å². The summed E-state index contributed by atoms with van der Waals surface area (Å²) in [7, 11) is 0. The zero-order valence-electron chi connectivity index (χ0n) is 18.1. The van der Waals surface area contributed by atoms with Crippen LogP contribution in [-0.2, 0) is 11.2 Å². The Labute approximate surface area is 181 Å². The number of hydrogen-bond donors (Lipinski definition) is 1. The number of aromatic nitrogens is 2. The lowest BCUT2D eigenvalue weighted by Crippen LogP contribution is -2.45. The number of nitro benzene ring substituents is 1. The molecule has 0 radical (unpaired) electrons. The Bertz CT molecular complexity index is 820. The number of hydrogen-bond acceptors (Lipinski definition) is 9. The third kappa shape index (κ3) is 7.35. The molecule has 0 aliphatic carbocycles. The quantitative estimate of drug-likeness (QED) is 0.418. The van der Waals surface area contributed by atoms with E-state index in [4.69, 9.17) is 9.26 Å². The van der Waals surface area contributed by atoms with Gasteiger partial charge in [0.1, 0.15) is 0 Å². The monoisotopic (exact) mass is 433 g/mol. The number of nitro groups is 1. The number of morpholine rings is 1. The van der Waals surface area contributed by atoms with Gasteiger partial charge >= 0.3 is 0 Å². The van der Waals surface area contributed by atoms with E-state index in [2.05, 4.69) is 33.8 Å². The van der Waals surface area contributed by atoms with Crippen molar-refractivity contribution in [1.29, 1.82) is 0 Å². The van der Waals surface area contributed by atoms with Crippen LogP contribution >= 0.6 is 0 Å². The summed E-state index contributed by atoms with van der Waals surface area (Å²) >= 11 is 0. The van der Waals surface area contributed by atoms with Gasteiger partial charge < -0.3 is 14.4 Å². The Morgan fingerprint density at radius 1 is 1.23 bits per heavy atom. The van der Waals surface area contributed by atoms with E-state index in [1.54, 1.807) is 12.1 Å². The van der Waals surface area contributed by atoms with Crippen molar-refractivity contribution >= 4 is 5.69 Å². The second kappa shape index (κ2) is 11.3. The fourth-order valence-corrected chi connectivity index (χ4v) is 3.67. The van der Waals surface area contributed by atoms with Crippen molar-refractivity contribution in [3.63, 3.8) is 0 Å². The van der Waals surface area contributed by atoms with E-state index in [9.17, 15) is 15.2 Å². The first-order valence-electron chi connectivity index (χ1n) is 10.7. The Morgan fingerprint density at radius 2 is 1.94 bits per heavy atom. The highest BCUT2D eigenvalue weighted by molar-refractivity contribution is 5.56. The van der Waals surface area contributed by atoms with Crippen LogP contribution in [0.25, 0.3) is 11.4 Å². The van der Waals surface area contributed by atoms with E-state index in [0.717, 1.165) is 32.8 Å². The molecule has 1 fully saturated rings. The van der Waals surface area contributed by atoms with Gasteiger partial charge in [-0.25, -0.2) is 0 Å². The van der Waals surface area contributed by atoms with Crippen molar-refractivity contribution in [2.45, 2.75) is 26.4 Å². The van der Waals surface area contributed by atoms with E-state index in [0.29, 0.717) is 49.3 Å². The number of β-amino-alcohol motifs (C(OH)–C–C–N with tert-alkyl or cyclic N) is 1. The molecule has 170 valence electrons. The standard InChI is InChI=1S/C21H31N5O5/c1-16(2)13-25(15-19(27)14-24-9-11-30-12-10-24)8-7-20-22-21(23-31-20)17-3-5-18(6-4-17)26(28)29/h3-6,16,19,27H,7-15H2,1-2H3. The Morgan fingerprint density at radius 3 is 2.58 bits per heavy atom. The molecule has 1 unspecified atom stereocenters. The summed E-state index contributed by atoms with van der Waals surface area (Å²) in [5.74, 6) is 1.38. The second-order valence-corrected chi connectivity index (χ2v) is 8.29. The Balaban J connectivity index is 1.54. The molecule has 0 saturated carbocycles. The summed E-state index contributed by atoms with van der Waals surface area (Å²) in [6, 6.07) is 6.07. The van der Waals surface area contributed by atoms with Crippen LogP contribution in [0, 0.1) is 16.0 Å². The van der Waals surface area contributed by atoms with Gasteiger partial charge in [-0.3, -0.25) is 19.9 Å². The molecule has 1 saturated heterocycles. The topological polar surface area (TPSA) is 118 Å². The lowest BCUT2D eigenvalue weighted by molar-refractivity contribution is -0.384. The van der Waals surface area contributed by atoms with Gasteiger partial charge in [-0.05, 0) is 18.1 Å². The van der Waals surface area contributed by atoms with Gasteiger partial charge in [0.2, 0.25) is 11.7 Å². The first kappa shape index (κ1) is 23.3. The SMILES string of the molecule is CC(C)CN(CCc1nc(-c2ccc([N+](=O)[O-])cc2)no1)CC(O)CN1CCOCC1. The minimum atomic E-state index is -0.442. The number of nitrogens with zero attached hydrogens (tertiary/aromatic N) is 5. The van der Waals surface area contributed by atoms with E-state index < -0.39 is 11.0 Å². The van der Waals surface area contributed by atoms with Gasteiger partial charge in [0.25, 0.3) is 5.69 Å². The Hall–Kier alpha value is -2.40. The maximum atomic E-state index is 10.8. The molecule has 10 nitrogen and oxygen atoms in total. The van der Waals surface area contributed by atoms with Gasteiger partial charge in [-0.2, -0.15) is 4.98 Å². The van der Waals surface area contributed by atoms with Crippen molar-refractivity contribution < 1.29 is 19.3 Å². The molecular formula is C21H31N5O5. The third-order valence-corrected chi connectivity index (χ3v) is 5.11. The molecule has 1 aliphatic rings. The average Bonchev–Trinajstić information content (AvgIpc) is 3.21. The Kier molecular flexibility index (Phi) is 8.47. The van der Waals surface area contributed by atoms with Crippen LogP contribution in [0.5, 0.6) is 0 Å². The molecule has 1 N–H and O–H groups in total. The molecule has 2 heterocycles. The highest BCUT2D eigenvalue weighted by atomic mass is 16.6. The minimum Gasteiger partial charge on any atom is -0.390 e. The van der Waals surface area contributed by atoms with Gasteiger partial charge in [-0.15, -0.1) is 0 Å². The predicted molar refractivity (Wildman–Crippen MR) is 115 cm³/mol. The lowest BCUT2D eigenvalue weighted by Gasteiger charge is -2.31. The molecule has 31 heavy (non-hydrogen) atoms. The molecule has 3 rings (SSSR count). The third-order valence-electron chi connectivity index (χ3n) is 5.11. The van der Waals surface area contributed by atoms with Gasteiger partial charge in [0, 0.05) is 63.4 Å². The van der Waals surface area contributed by atoms with Crippen LogP contribution in [0.2, 0.25) is 0 Å². The highest BCUT2D eigenvalue weighted by Gasteiger charge is 2.19. The average molecular weight is 434 g/mol. The molecule has 0 bridgehead atoms. The van der Waals surface area contributed by atoms with E-state index in [1.807, 2.05) is 0 Å². The molecule has 0 amide bonds. The van der Waals surface area contributed by atoms with Crippen molar-refractivity contribution in [3.8, 4) is 11.4 Å². The maximum Gasteiger partial charge on any atom is 0.269 e. The molecule has 1 aromatic carbocycles. The highest BCUT2D eigenvalue weighted by Crippen LogP contribution is 2.20. The number of non-ortho nitro benzene ring substituents is 1. The smallest absolute Gasteiger partial charge is 0.269 e. The van der Waals surface area contributed by atoms with Crippen molar-refractivity contribution in [1.82, 2.24) is 19.9 Å². The normalized spacial score (nSPS) is 16.2. The van der Waals surface area contributed by atoms with Crippen LogP contribution in [0.4, 0.5) is 5.69 Å². The fraction of sp³-hybridized carbons (Fsp3) is 0.619. The minimum absolute atomic E-state index is 0.0208. The summed E-state index contributed by atoms with van der Waals surface area (Å²) in [6.07, 6.45) is 0.131. The zero-order valence-corrected chi connectivity index (χ0v) is 18.1. The molecule has 10 heteroatoms. The zero-order chi connectivity index (χ0) is 22.2. The molecule has 0 spiro atoms. The maximum absolute atomic E-state index is 10.8. The van der Waals surface area contributed by atoms with Crippen LogP contribution in [0.15, 0.2) is 28.8 Å². The number of ether oxygens (including phenoxy) is 1. The second-order valence-electron chi connectivity index (χ2n) is 8.29. The van der Waals surface area contributed by atoms with Gasteiger partial charge in [-0.1, -0.05) is 19.0 Å². The van der Waals surface area contributed by atoms with Gasteiger partial charge in [0.05, 0.1) is 24.2 Å². The van der Waals surface area contributed by atoms with Crippen LogP contribution < -0.4 is 0 Å². The van der Waals surface area contributed by atoms with Crippen molar-refractivity contribution in [3.05, 3.63) is 40.3 Å². The molecule has 1 aromatic heterocycles. The van der Waals surface area contributed by atoms with Gasteiger partial charge in [0.15, 0.2) is 0 Å². The molecular weight excluding hydrogens is 402 g/mol. The van der Waals surface area contributed by atoms with E-state index >= 15 is 0 Å². The summed E-state index contributed by atoms with van der Waals surface area (Å²) in [5, 5.41) is 25.4. The number of aliphatic hydroxyl groups excluding tert-OH is 1. The fourth-order valence-electron chi connectivity index (χ4n) is 3.67. The molecule has 1 atom stereocenters. The van der Waals surface area contributed by atoms with Crippen LogP contribution in [-0.4, -0.2) is 88.6 Å². The number of benzene rings is 1. The number of aliphatic hydroxyl groups is 1. The first-order chi connectivity index (χ1) is 14.9. The van der Waals surface area contributed by atoms with Crippen LogP contribution in [0.3, 0.4) is 0 Å². The number of rotatable bonds is 11. The summed E-state index contributed by atoms with van der Waals surface area (Å²) < 4.78 is 10.7. The summed E-state index contributed by atoms with van der Waals surface area (Å²) in [5.41, 5.74) is 0.688. The van der Waals surface area contributed by atoms with Crippen molar-refractivity contribution in [2.75, 3.05) is 52.5 Å². The van der Waals surface area contributed by atoms with E-state index in [-0.39, 0.29) is 5.69 Å². The van der Waals surface area contributed by atoms with Crippen LogP contribution in [0.1, 0.15) is 19.7 Å². The summed E-state index contributed by atoms with van der Waals surface area (Å²) in [6.45, 7) is 10.2.